The van der Waals surface area contributed by atoms with E-state index in [4.69, 9.17) is 14.2 Å². The largest absolute Gasteiger partial charge is 0.494 e. The van der Waals surface area contributed by atoms with Gasteiger partial charge in [0, 0.05) is 23.3 Å². The number of ether oxygens (including phenoxy) is 3. The summed E-state index contributed by atoms with van der Waals surface area (Å²) in [6, 6.07) is 7.28. The van der Waals surface area contributed by atoms with Gasteiger partial charge < -0.3 is 14.2 Å². The third-order valence-electron chi connectivity index (χ3n) is 3.74. The number of hydrogen-bond donors (Lipinski definition) is 0. The predicted molar refractivity (Wildman–Crippen MR) is 85.2 cm³/mol. The third kappa shape index (κ3) is 4.55. The maximum absolute atomic E-state index is 12.3. The molecular weight excluding hydrogens is 280 g/mol. The molecule has 1 heterocycles. The zero-order valence-electron chi connectivity index (χ0n) is 13.9. The molecule has 0 spiro atoms. The van der Waals surface area contributed by atoms with E-state index in [1.165, 1.54) is 0 Å². The fourth-order valence-electron chi connectivity index (χ4n) is 2.44. The van der Waals surface area contributed by atoms with Gasteiger partial charge >= 0.3 is 0 Å². The Balaban J connectivity index is 1.88. The minimum Gasteiger partial charge on any atom is -0.494 e. The second-order valence-electron chi connectivity index (χ2n) is 6.72. The highest BCUT2D eigenvalue weighted by Crippen LogP contribution is 2.28. The predicted octanol–water partition coefficient (Wildman–Crippen LogP) is 3.69. The minimum absolute atomic E-state index is 0.0372. The van der Waals surface area contributed by atoms with Crippen LogP contribution in [0.3, 0.4) is 0 Å². The Morgan fingerprint density at radius 1 is 1.27 bits per heavy atom. The number of carbonyl (C=O) groups excluding carboxylic acids is 1. The lowest BCUT2D eigenvalue weighted by Crippen LogP contribution is -2.41. The molecule has 0 N–H and O–H groups in total. The Morgan fingerprint density at radius 3 is 2.41 bits per heavy atom. The summed E-state index contributed by atoms with van der Waals surface area (Å²) in [5.41, 5.74) is 0.751. The van der Waals surface area contributed by atoms with Crippen LogP contribution in [0.25, 0.3) is 0 Å². The van der Waals surface area contributed by atoms with Gasteiger partial charge in [0.05, 0.1) is 19.8 Å². The van der Waals surface area contributed by atoms with Gasteiger partial charge in [-0.05, 0) is 31.2 Å². The summed E-state index contributed by atoms with van der Waals surface area (Å²) in [7, 11) is 0. The van der Waals surface area contributed by atoms with Crippen molar-refractivity contribution in [3.63, 3.8) is 0 Å². The van der Waals surface area contributed by atoms with Crippen molar-refractivity contribution in [2.75, 3.05) is 19.8 Å². The van der Waals surface area contributed by atoms with Gasteiger partial charge in [-0.15, -0.1) is 0 Å². The molecule has 122 valence electrons. The van der Waals surface area contributed by atoms with E-state index in [-0.39, 0.29) is 23.4 Å². The summed E-state index contributed by atoms with van der Waals surface area (Å²) in [6.45, 7) is 10.1. The number of benzene rings is 1. The Bertz CT molecular complexity index is 482. The Morgan fingerprint density at radius 2 is 1.86 bits per heavy atom. The molecule has 0 radical (unpaired) electrons. The van der Waals surface area contributed by atoms with Crippen LogP contribution < -0.4 is 4.74 Å². The SMILES string of the molecule is CCOc1ccc(C(=O)CC(C)C2OCC(C)(C)CO2)cc1. The lowest BCUT2D eigenvalue weighted by atomic mass is 9.94. The normalized spacial score (nSPS) is 19.6. The molecule has 0 amide bonds. The zero-order valence-corrected chi connectivity index (χ0v) is 13.9. The van der Waals surface area contributed by atoms with Crippen molar-refractivity contribution < 1.29 is 19.0 Å². The van der Waals surface area contributed by atoms with Gasteiger partial charge in [0.1, 0.15) is 5.75 Å². The number of Topliss-reactive ketones (excluding diaryl/α,β-unsaturated/α-hetero) is 1. The van der Waals surface area contributed by atoms with Crippen molar-refractivity contribution in [2.24, 2.45) is 11.3 Å². The van der Waals surface area contributed by atoms with Crippen LogP contribution in [-0.4, -0.2) is 31.9 Å². The molecule has 0 aliphatic carbocycles. The molecule has 1 aromatic rings. The quantitative estimate of drug-likeness (QED) is 0.752. The zero-order chi connectivity index (χ0) is 16.2. The van der Waals surface area contributed by atoms with E-state index in [0.29, 0.717) is 31.8 Å². The van der Waals surface area contributed by atoms with Crippen LogP contribution in [0.2, 0.25) is 0 Å². The minimum atomic E-state index is -0.292. The number of ketones is 1. The fraction of sp³-hybridized carbons (Fsp3) is 0.611. The molecule has 4 nitrogen and oxygen atoms in total. The summed E-state index contributed by atoms with van der Waals surface area (Å²) < 4.78 is 16.9. The van der Waals surface area contributed by atoms with Gasteiger partial charge in [-0.1, -0.05) is 20.8 Å². The van der Waals surface area contributed by atoms with Crippen molar-refractivity contribution in [3.8, 4) is 5.75 Å². The van der Waals surface area contributed by atoms with Gasteiger partial charge in [-0.25, -0.2) is 0 Å². The van der Waals surface area contributed by atoms with Crippen molar-refractivity contribution in [1.29, 1.82) is 0 Å². The molecule has 1 saturated heterocycles. The third-order valence-corrected chi connectivity index (χ3v) is 3.74. The maximum atomic E-state index is 12.3. The Kier molecular flexibility index (Phi) is 5.59. The molecule has 1 atom stereocenters. The van der Waals surface area contributed by atoms with E-state index in [2.05, 4.69) is 13.8 Å². The molecule has 4 heteroatoms. The Labute approximate surface area is 132 Å². The first kappa shape index (κ1) is 17.0. The highest BCUT2D eigenvalue weighted by molar-refractivity contribution is 5.96. The first-order valence-electron chi connectivity index (χ1n) is 7.90. The summed E-state index contributed by atoms with van der Waals surface area (Å²) in [6.07, 6.45) is 0.124. The monoisotopic (exact) mass is 306 g/mol. The van der Waals surface area contributed by atoms with Gasteiger partial charge in [0.2, 0.25) is 0 Å². The maximum Gasteiger partial charge on any atom is 0.163 e. The first-order valence-corrected chi connectivity index (χ1v) is 7.90. The van der Waals surface area contributed by atoms with Gasteiger partial charge in [-0.3, -0.25) is 4.79 Å². The molecule has 1 unspecified atom stereocenters. The summed E-state index contributed by atoms with van der Waals surface area (Å²) in [5.74, 6) is 0.927. The average Bonchev–Trinajstić information content (AvgIpc) is 2.48. The fourth-order valence-corrected chi connectivity index (χ4v) is 2.44. The van der Waals surface area contributed by atoms with Crippen LogP contribution in [0.5, 0.6) is 5.75 Å². The molecule has 1 aliphatic heterocycles. The van der Waals surface area contributed by atoms with Crippen molar-refractivity contribution >= 4 is 5.78 Å². The van der Waals surface area contributed by atoms with E-state index in [1.807, 2.05) is 38.1 Å². The van der Waals surface area contributed by atoms with Crippen molar-refractivity contribution in [3.05, 3.63) is 29.8 Å². The standard InChI is InChI=1S/C18H26O4/c1-5-20-15-8-6-14(7-9-15)16(19)10-13(2)17-21-11-18(3,4)12-22-17/h6-9,13,17H,5,10-12H2,1-4H3. The van der Waals surface area contributed by atoms with Gasteiger partial charge in [-0.2, -0.15) is 0 Å². The van der Waals surface area contributed by atoms with E-state index >= 15 is 0 Å². The molecule has 1 fully saturated rings. The summed E-state index contributed by atoms with van der Waals surface area (Å²) in [5, 5.41) is 0. The van der Waals surface area contributed by atoms with E-state index in [9.17, 15) is 4.79 Å². The molecule has 0 bridgehead atoms. The van der Waals surface area contributed by atoms with Crippen LogP contribution in [0.15, 0.2) is 24.3 Å². The molecule has 0 saturated carbocycles. The molecular formula is C18H26O4. The van der Waals surface area contributed by atoms with Crippen molar-refractivity contribution in [2.45, 2.75) is 40.4 Å². The average molecular weight is 306 g/mol. The van der Waals surface area contributed by atoms with Crippen molar-refractivity contribution in [1.82, 2.24) is 0 Å². The number of carbonyl (C=O) groups is 1. The molecule has 22 heavy (non-hydrogen) atoms. The highest BCUT2D eigenvalue weighted by Gasteiger charge is 2.32. The molecule has 2 rings (SSSR count). The lowest BCUT2D eigenvalue weighted by molar-refractivity contribution is -0.240. The van der Waals surface area contributed by atoms with Gasteiger partial charge in [0.15, 0.2) is 12.1 Å². The first-order chi connectivity index (χ1) is 10.4. The second-order valence-corrected chi connectivity index (χ2v) is 6.72. The van der Waals surface area contributed by atoms with E-state index in [1.54, 1.807) is 0 Å². The van der Waals surface area contributed by atoms with Crippen LogP contribution in [0, 0.1) is 11.3 Å². The van der Waals surface area contributed by atoms with Crippen LogP contribution >= 0.6 is 0 Å². The second kappa shape index (κ2) is 7.25. The smallest absolute Gasteiger partial charge is 0.163 e. The molecule has 0 aromatic heterocycles. The summed E-state index contributed by atoms with van der Waals surface area (Å²) in [4.78, 5) is 12.3. The number of hydrogen-bond acceptors (Lipinski definition) is 4. The summed E-state index contributed by atoms with van der Waals surface area (Å²) >= 11 is 0. The van der Waals surface area contributed by atoms with Crippen LogP contribution in [0.4, 0.5) is 0 Å². The highest BCUT2D eigenvalue weighted by atomic mass is 16.7. The molecule has 1 aromatic carbocycles. The Hall–Kier alpha value is -1.39. The van der Waals surface area contributed by atoms with Gasteiger partial charge in [0.25, 0.3) is 0 Å². The topological polar surface area (TPSA) is 44.8 Å². The van der Waals surface area contributed by atoms with E-state index < -0.39 is 0 Å². The number of rotatable bonds is 6. The van der Waals surface area contributed by atoms with E-state index in [0.717, 1.165) is 5.75 Å². The molecule has 1 aliphatic rings. The van der Waals surface area contributed by atoms with Crippen LogP contribution in [-0.2, 0) is 9.47 Å². The lowest BCUT2D eigenvalue weighted by Gasteiger charge is -2.37. The van der Waals surface area contributed by atoms with Crippen LogP contribution in [0.1, 0.15) is 44.5 Å².